The zero-order chi connectivity index (χ0) is 37.0. The van der Waals surface area contributed by atoms with Crippen molar-refractivity contribution in [3.8, 4) is 0 Å². The summed E-state index contributed by atoms with van der Waals surface area (Å²) in [4.78, 5) is 0. The maximum atomic E-state index is 2.40. The van der Waals surface area contributed by atoms with Crippen LogP contribution in [0.15, 0.2) is 206 Å². The second kappa shape index (κ2) is 15.3. The topological polar surface area (TPSA) is 14.8 Å². The van der Waals surface area contributed by atoms with Crippen LogP contribution in [-0.2, 0) is 19.6 Å². The van der Waals surface area contributed by atoms with Gasteiger partial charge in [0.25, 0.3) is 0 Å². The van der Waals surface area contributed by atoms with E-state index in [4.69, 9.17) is 0 Å². The van der Waals surface area contributed by atoms with E-state index in [1.54, 1.807) is 0 Å². The van der Waals surface area contributed by atoms with Gasteiger partial charge in [-0.3, -0.25) is 0 Å². The van der Waals surface area contributed by atoms with E-state index in [1.807, 2.05) is 0 Å². The minimum Gasteiger partial charge on any atom is -0.341 e. The van der Waals surface area contributed by atoms with Crippen LogP contribution in [0.4, 0.5) is 0 Å². The van der Waals surface area contributed by atoms with Crippen molar-refractivity contribution in [2.24, 2.45) is 0 Å². The monoisotopic (exact) mass is 709 g/mol. The molecule has 0 radical (unpaired) electrons. The van der Waals surface area contributed by atoms with Crippen molar-refractivity contribution in [2.75, 3.05) is 0 Å². The predicted molar refractivity (Wildman–Crippen MR) is 235 cm³/mol. The summed E-state index contributed by atoms with van der Waals surface area (Å²) in [5.41, 5.74) is 10.5. The van der Waals surface area contributed by atoms with E-state index in [1.165, 1.54) is 76.5 Å². The number of para-hydroxylation sites is 6. The van der Waals surface area contributed by atoms with Crippen molar-refractivity contribution < 1.29 is 0 Å². The Morgan fingerprint density at radius 2 is 0.473 bits per heavy atom. The van der Waals surface area contributed by atoms with E-state index >= 15 is 0 Å². The lowest BCUT2D eigenvalue weighted by molar-refractivity contribution is 0.827. The van der Waals surface area contributed by atoms with Crippen molar-refractivity contribution >= 4 is 65.4 Å². The van der Waals surface area contributed by atoms with E-state index < -0.39 is 0 Å². The highest BCUT2D eigenvalue weighted by molar-refractivity contribution is 6.09. The van der Waals surface area contributed by atoms with Gasteiger partial charge >= 0.3 is 0 Å². The third kappa shape index (κ3) is 6.55. The first kappa shape index (κ1) is 34.0. The SMILES string of the molecule is CCn1c2ccccc2c2ccccc21.c1ccc(Cn2c3ccccc3c3ccccc32)cc1.c1ccc(Cn2c3ccccc3c3ccccc32)cc1. The van der Waals surface area contributed by atoms with Gasteiger partial charge < -0.3 is 13.7 Å². The van der Waals surface area contributed by atoms with Gasteiger partial charge in [0.1, 0.15) is 0 Å². The highest BCUT2D eigenvalue weighted by Crippen LogP contribution is 2.31. The summed E-state index contributed by atoms with van der Waals surface area (Å²) in [7, 11) is 0. The predicted octanol–water partition coefficient (Wildman–Crippen LogP) is 13.5. The summed E-state index contributed by atoms with van der Waals surface area (Å²) < 4.78 is 7.17. The smallest absolute Gasteiger partial charge is 0.0494 e. The van der Waals surface area contributed by atoms with Gasteiger partial charge in [-0.25, -0.2) is 0 Å². The second-order valence-electron chi connectivity index (χ2n) is 14.0. The van der Waals surface area contributed by atoms with Crippen LogP contribution in [0.3, 0.4) is 0 Å². The van der Waals surface area contributed by atoms with Gasteiger partial charge in [-0.1, -0.05) is 170 Å². The normalized spacial score (nSPS) is 11.2. The number of aryl methyl sites for hydroxylation is 1. The molecule has 0 N–H and O–H groups in total. The fourth-order valence-electron chi connectivity index (χ4n) is 8.22. The standard InChI is InChI=1S/2C19H15N.C14H13N/c2*1-2-8-15(9-3-1)14-20-18-12-6-4-10-16(18)17-11-5-7-13-19(17)20;1-2-15-13-9-5-3-7-11(13)12-8-4-6-10-14(12)15/h2*1-13H,14H2;3-10H,2H2,1H3. The molecule has 0 saturated carbocycles. The van der Waals surface area contributed by atoms with Crippen molar-refractivity contribution in [2.45, 2.75) is 26.6 Å². The highest BCUT2D eigenvalue weighted by atomic mass is 15.0. The number of benzene rings is 8. The first-order valence-corrected chi connectivity index (χ1v) is 19.2. The lowest BCUT2D eigenvalue weighted by Crippen LogP contribution is -1.98. The highest BCUT2D eigenvalue weighted by Gasteiger charge is 2.11. The Morgan fingerprint density at radius 3 is 0.727 bits per heavy atom. The van der Waals surface area contributed by atoms with Gasteiger partial charge in [0.15, 0.2) is 0 Å². The van der Waals surface area contributed by atoms with Crippen LogP contribution < -0.4 is 0 Å². The number of hydrogen-bond acceptors (Lipinski definition) is 0. The molecular weight excluding hydrogens is 667 g/mol. The molecule has 3 heterocycles. The molecular formula is C52H43N3. The lowest BCUT2D eigenvalue weighted by atomic mass is 10.2. The molecule has 0 atom stereocenters. The number of fused-ring (bicyclic) bond motifs is 9. The molecule has 0 unspecified atom stereocenters. The molecule has 0 fully saturated rings. The molecule has 0 spiro atoms. The molecule has 3 heteroatoms. The van der Waals surface area contributed by atoms with Gasteiger partial charge in [0.2, 0.25) is 0 Å². The molecule has 0 aliphatic heterocycles. The average Bonchev–Trinajstić information content (AvgIpc) is 3.88. The lowest BCUT2D eigenvalue weighted by Gasteiger charge is -2.07. The Hall–Kier alpha value is -6.84. The molecule has 266 valence electrons. The Balaban J connectivity index is 0.000000110. The van der Waals surface area contributed by atoms with Gasteiger partial charge in [0.05, 0.1) is 0 Å². The van der Waals surface area contributed by atoms with Crippen LogP contribution in [0.1, 0.15) is 18.1 Å². The molecule has 3 aromatic heterocycles. The van der Waals surface area contributed by atoms with Crippen LogP contribution in [0, 0.1) is 0 Å². The van der Waals surface area contributed by atoms with E-state index in [2.05, 4.69) is 227 Å². The Kier molecular flexibility index (Phi) is 9.42. The number of rotatable bonds is 5. The minimum atomic E-state index is 0.912. The number of hydrogen-bond donors (Lipinski definition) is 0. The van der Waals surface area contributed by atoms with E-state index in [-0.39, 0.29) is 0 Å². The molecule has 55 heavy (non-hydrogen) atoms. The summed E-state index contributed by atoms with van der Waals surface area (Å²) in [6, 6.07) is 73.0. The Labute approximate surface area is 321 Å². The molecule has 0 aliphatic rings. The Bertz CT molecular complexity index is 2710. The molecule has 11 rings (SSSR count). The molecule has 11 aromatic rings. The van der Waals surface area contributed by atoms with Crippen LogP contribution in [0.5, 0.6) is 0 Å². The molecule has 3 nitrogen and oxygen atoms in total. The number of nitrogens with zero attached hydrogens (tertiary/aromatic N) is 3. The largest absolute Gasteiger partial charge is 0.341 e. The molecule has 0 bridgehead atoms. The number of aromatic nitrogens is 3. The van der Waals surface area contributed by atoms with Crippen LogP contribution in [0.2, 0.25) is 0 Å². The molecule has 0 aliphatic carbocycles. The fraction of sp³-hybridized carbons (Fsp3) is 0.0769. The second-order valence-corrected chi connectivity index (χ2v) is 14.0. The van der Waals surface area contributed by atoms with Crippen molar-refractivity contribution in [1.29, 1.82) is 0 Å². The zero-order valence-corrected chi connectivity index (χ0v) is 31.1. The van der Waals surface area contributed by atoms with Crippen molar-refractivity contribution in [3.63, 3.8) is 0 Å². The summed E-state index contributed by atoms with van der Waals surface area (Å²) in [5, 5.41) is 8.04. The zero-order valence-electron chi connectivity index (χ0n) is 31.1. The van der Waals surface area contributed by atoms with Gasteiger partial charge in [0, 0.05) is 85.1 Å². The van der Waals surface area contributed by atoms with Crippen molar-refractivity contribution in [1.82, 2.24) is 13.7 Å². The molecule has 0 saturated heterocycles. The third-order valence-corrected chi connectivity index (χ3v) is 10.7. The van der Waals surface area contributed by atoms with E-state index in [9.17, 15) is 0 Å². The minimum absolute atomic E-state index is 0.912. The maximum Gasteiger partial charge on any atom is 0.0494 e. The van der Waals surface area contributed by atoms with Crippen LogP contribution >= 0.6 is 0 Å². The fourth-order valence-corrected chi connectivity index (χ4v) is 8.22. The summed E-state index contributed by atoms with van der Waals surface area (Å²) >= 11 is 0. The maximum absolute atomic E-state index is 2.40. The molecule has 0 amide bonds. The van der Waals surface area contributed by atoms with E-state index in [0.717, 1.165) is 19.6 Å². The van der Waals surface area contributed by atoms with Crippen LogP contribution in [-0.4, -0.2) is 13.7 Å². The van der Waals surface area contributed by atoms with Crippen molar-refractivity contribution in [3.05, 3.63) is 217 Å². The first-order valence-electron chi connectivity index (χ1n) is 19.2. The Morgan fingerprint density at radius 1 is 0.255 bits per heavy atom. The summed E-state index contributed by atoms with van der Waals surface area (Å²) in [5.74, 6) is 0. The van der Waals surface area contributed by atoms with Crippen LogP contribution in [0.25, 0.3) is 65.4 Å². The van der Waals surface area contributed by atoms with E-state index in [0.29, 0.717) is 0 Å². The summed E-state index contributed by atoms with van der Waals surface area (Å²) in [6.07, 6.45) is 0. The van der Waals surface area contributed by atoms with Gasteiger partial charge in [-0.15, -0.1) is 0 Å². The quantitative estimate of drug-likeness (QED) is 0.169. The molecule has 8 aromatic carbocycles. The average molecular weight is 710 g/mol. The van der Waals surface area contributed by atoms with Gasteiger partial charge in [-0.2, -0.15) is 0 Å². The van der Waals surface area contributed by atoms with Gasteiger partial charge in [-0.05, 0) is 54.4 Å². The third-order valence-electron chi connectivity index (χ3n) is 10.7. The first-order chi connectivity index (χ1) is 27.3. The summed E-state index contributed by atoms with van der Waals surface area (Å²) in [6.45, 7) is 5.04.